The maximum atomic E-state index is 12.9. The van der Waals surface area contributed by atoms with Crippen LogP contribution >= 0.6 is 23.2 Å². The molecule has 5 nitrogen and oxygen atoms in total. The molecule has 0 aromatic heterocycles. The molecule has 2 bridgehead atoms. The Bertz CT molecular complexity index is 1010. The third-order valence-electron chi connectivity index (χ3n) is 6.38. The van der Waals surface area contributed by atoms with Gasteiger partial charge >= 0.3 is 5.97 Å². The Morgan fingerprint density at radius 3 is 2.14 bits per heavy atom. The van der Waals surface area contributed by atoms with Crippen LogP contribution in [0, 0.1) is 23.7 Å². The molecular weight excluding hydrogens is 413 g/mol. The van der Waals surface area contributed by atoms with Crippen LogP contribution in [0.4, 0.5) is 5.69 Å². The van der Waals surface area contributed by atoms with Gasteiger partial charge in [-0.25, -0.2) is 4.79 Å². The van der Waals surface area contributed by atoms with E-state index in [4.69, 9.17) is 27.9 Å². The van der Waals surface area contributed by atoms with Crippen LogP contribution in [0.3, 0.4) is 0 Å². The third-order valence-corrected chi connectivity index (χ3v) is 6.93. The van der Waals surface area contributed by atoms with Crippen LogP contribution in [0.5, 0.6) is 5.75 Å². The number of carbonyl (C=O) groups excluding carboxylic acids is 3. The Balaban J connectivity index is 1.34. The van der Waals surface area contributed by atoms with Crippen LogP contribution < -0.4 is 9.64 Å². The molecule has 3 fully saturated rings. The molecule has 2 aliphatic carbocycles. The van der Waals surface area contributed by atoms with E-state index in [2.05, 4.69) is 0 Å². The topological polar surface area (TPSA) is 63.7 Å². The van der Waals surface area contributed by atoms with Crippen LogP contribution in [0.15, 0.2) is 42.5 Å². The molecule has 0 spiro atoms. The molecule has 2 saturated carbocycles. The molecule has 29 heavy (non-hydrogen) atoms. The van der Waals surface area contributed by atoms with Crippen molar-refractivity contribution in [1.29, 1.82) is 0 Å². The number of anilines is 1. The van der Waals surface area contributed by atoms with E-state index in [1.54, 1.807) is 30.3 Å². The van der Waals surface area contributed by atoms with Gasteiger partial charge in [0.2, 0.25) is 11.8 Å². The Morgan fingerprint density at radius 2 is 1.55 bits per heavy atom. The standard InChI is InChI=1S/C22H17Cl2NO4/c23-13-3-8-16(17(24)10-13)22(28)29-15-6-4-14(5-7-15)25-20(26)18-11-1-2-12(9-11)19(18)21(25)27/h3-8,10-12,18-19H,1-2,9H2/t11-,12-,18+,19+/m0/s1. The highest BCUT2D eigenvalue weighted by Crippen LogP contribution is 2.56. The lowest BCUT2D eigenvalue weighted by atomic mass is 9.81. The van der Waals surface area contributed by atoms with E-state index >= 15 is 0 Å². The Labute approximate surface area is 177 Å². The van der Waals surface area contributed by atoms with E-state index in [1.165, 1.54) is 17.0 Å². The van der Waals surface area contributed by atoms with E-state index in [0.717, 1.165) is 19.3 Å². The van der Waals surface area contributed by atoms with Crippen molar-refractivity contribution in [3.8, 4) is 5.75 Å². The van der Waals surface area contributed by atoms with Gasteiger partial charge in [-0.1, -0.05) is 23.2 Å². The third kappa shape index (κ3) is 2.95. The van der Waals surface area contributed by atoms with E-state index in [9.17, 15) is 14.4 Å². The SMILES string of the molecule is O=C(Oc1ccc(N2C(=O)[C@@H]3[C@H]4CC[C@@H](C4)[C@H]3C2=O)cc1)c1ccc(Cl)cc1Cl. The smallest absolute Gasteiger partial charge is 0.345 e. The zero-order valence-electron chi connectivity index (χ0n) is 15.3. The summed E-state index contributed by atoms with van der Waals surface area (Å²) in [5.41, 5.74) is 0.714. The van der Waals surface area contributed by atoms with Crippen molar-refractivity contribution >= 4 is 46.7 Å². The Hall–Kier alpha value is -2.37. The first kappa shape index (κ1) is 18.6. The highest BCUT2D eigenvalue weighted by atomic mass is 35.5. The number of imide groups is 1. The average molecular weight is 430 g/mol. The molecule has 0 radical (unpaired) electrons. The molecule has 5 rings (SSSR count). The number of benzene rings is 2. The first-order valence-electron chi connectivity index (χ1n) is 9.59. The molecule has 7 heteroatoms. The lowest BCUT2D eigenvalue weighted by molar-refractivity contribution is -0.123. The highest BCUT2D eigenvalue weighted by Gasteiger charge is 2.61. The summed E-state index contributed by atoms with van der Waals surface area (Å²) < 4.78 is 5.36. The fraction of sp³-hybridized carbons (Fsp3) is 0.318. The van der Waals surface area contributed by atoms with Crippen LogP contribution in [0.25, 0.3) is 0 Å². The van der Waals surface area contributed by atoms with E-state index in [-0.39, 0.29) is 34.2 Å². The second-order valence-electron chi connectivity index (χ2n) is 7.90. The molecule has 0 N–H and O–H groups in total. The van der Waals surface area contributed by atoms with Gasteiger partial charge in [0, 0.05) is 5.02 Å². The Morgan fingerprint density at radius 1 is 0.931 bits per heavy atom. The molecule has 3 aliphatic rings. The maximum absolute atomic E-state index is 12.9. The van der Waals surface area contributed by atoms with Crippen molar-refractivity contribution in [2.24, 2.45) is 23.7 Å². The molecule has 1 saturated heterocycles. The van der Waals surface area contributed by atoms with Gasteiger partial charge < -0.3 is 4.74 Å². The fourth-order valence-electron chi connectivity index (χ4n) is 5.14. The molecular formula is C22H17Cl2NO4. The van der Waals surface area contributed by atoms with Crippen molar-refractivity contribution in [1.82, 2.24) is 0 Å². The number of fused-ring (bicyclic) bond motifs is 5. The second kappa shape index (κ2) is 6.85. The van der Waals surface area contributed by atoms with Crippen LogP contribution in [0.2, 0.25) is 10.0 Å². The minimum absolute atomic E-state index is 0.0927. The maximum Gasteiger partial charge on any atom is 0.345 e. The number of amides is 2. The van der Waals surface area contributed by atoms with E-state index in [0.29, 0.717) is 28.3 Å². The fourth-order valence-corrected chi connectivity index (χ4v) is 5.63. The Kier molecular flexibility index (Phi) is 4.41. The van der Waals surface area contributed by atoms with Crippen LogP contribution in [-0.2, 0) is 9.59 Å². The minimum Gasteiger partial charge on any atom is -0.423 e. The largest absolute Gasteiger partial charge is 0.423 e. The number of halogens is 2. The molecule has 1 aliphatic heterocycles. The van der Waals surface area contributed by atoms with Gasteiger partial charge in [0.25, 0.3) is 0 Å². The van der Waals surface area contributed by atoms with Gasteiger partial charge in [0.15, 0.2) is 0 Å². The summed E-state index contributed by atoms with van der Waals surface area (Å²) in [5, 5.41) is 0.627. The summed E-state index contributed by atoms with van der Waals surface area (Å²) in [6, 6.07) is 10.9. The summed E-state index contributed by atoms with van der Waals surface area (Å²) in [6.07, 6.45) is 3.09. The summed E-state index contributed by atoms with van der Waals surface area (Å²) in [6.45, 7) is 0. The number of rotatable bonds is 3. The normalized spacial score (nSPS) is 27.4. The minimum atomic E-state index is -0.612. The predicted octanol–water partition coefficient (Wildman–Crippen LogP) is 4.75. The van der Waals surface area contributed by atoms with Gasteiger partial charge in [-0.15, -0.1) is 0 Å². The number of carbonyl (C=O) groups is 3. The van der Waals surface area contributed by atoms with Crippen molar-refractivity contribution in [3.05, 3.63) is 58.1 Å². The van der Waals surface area contributed by atoms with Crippen molar-refractivity contribution < 1.29 is 19.1 Å². The van der Waals surface area contributed by atoms with Crippen molar-refractivity contribution in [2.45, 2.75) is 19.3 Å². The van der Waals surface area contributed by atoms with Gasteiger partial charge in [0.05, 0.1) is 28.1 Å². The summed E-state index contributed by atoms with van der Waals surface area (Å²) in [5.74, 6) is -0.138. The average Bonchev–Trinajstić information content (AvgIpc) is 3.36. The van der Waals surface area contributed by atoms with Crippen molar-refractivity contribution in [3.63, 3.8) is 0 Å². The molecule has 2 aromatic rings. The number of hydrogen-bond acceptors (Lipinski definition) is 4. The lowest BCUT2D eigenvalue weighted by Crippen LogP contribution is -2.32. The highest BCUT2D eigenvalue weighted by molar-refractivity contribution is 6.36. The number of ether oxygens (including phenoxy) is 1. The summed E-state index contributed by atoms with van der Waals surface area (Å²) >= 11 is 11.9. The van der Waals surface area contributed by atoms with Gasteiger partial charge in [0.1, 0.15) is 5.75 Å². The molecule has 2 amide bonds. The first-order chi connectivity index (χ1) is 13.9. The van der Waals surface area contributed by atoms with Crippen molar-refractivity contribution in [2.75, 3.05) is 4.90 Å². The van der Waals surface area contributed by atoms with E-state index < -0.39 is 5.97 Å². The van der Waals surface area contributed by atoms with Crippen LogP contribution in [0.1, 0.15) is 29.6 Å². The molecule has 2 aromatic carbocycles. The monoisotopic (exact) mass is 429 g/mol. The molecule has 1 heterocycles. The molecule has 4 atom stereocenters. The quantitative estimate of drug-likeness (QED) is 0.401. The first-order valence-corrected chi connectivity index (χ1v) is 10.3. The number of esters is 1. The summed E-state index contributed by atoms with van der Waals surface area (Å²) in [7, 11) is 0. The zero-order chi connectivity index (χ0) is 20.3. The molecule has 148 valence electrons. The van der Waals surface area contributed by atoms with Gasteiger partial charge in [-0.3, -0.25) is 14.5 Å². The van der Waals surface area contributed by atoms with E-state index in [1.807, 2.05) is 0 Å². The van der Waals surface area contributed by atoms with Gasteiger partial charge in [-0.05, 0) is 73.6 Å². The number of hydrogen-bond donors (Lipinski definition) is 0. The van der Waals surface area contributed by atoms with Crippen LogP contribution in [-0.4, -0.2) is 17.8 Å². The molecule has 0 unspecified atom stereocenters. The lowest BCUT2D eigenvalue weighted by Gasteiger charge is -2.19. The zero-order valence-corrected chi connectivity index (χ0v) is 16.8. The van der Waals surface area contributed by atoms with Gasteiger partial charge in [-0.2, -0.15) is 0 Å². The summed E-state index contributed by atoms with van der Waals surface area (Å²) in [4.78, 5) is 39.4. The second-order valence-corrected chi connectivity index (χ2v) is 8.75. The predicted molar refractivity (Wildman–Crippen MR) is 108 cm³/mol. The number of nitrogens with zero attached hydrogens (tertiary/aromatic N) is 1.